The van der Waals surface area contributed by atoms with E-state index in [1.165, 1.54) is 4.57 Å². The highest BCUT2D eigenvalue weighted by molar-refractivity contribution is 5.84. The number of nitrogens with zero attached hydrogens (tertiary/aromatic N) is 2. The van der Waals surface area contributed by atoms with Crippen molar-refractivity contribution in [3.05, 3.63) is 107 Å². The first-order chi connectivity index (χ1) is 16.0. The number of carbonyl (C=O) groups excluding carboxylic acids is 2. The van der Waals surface area contributed by atoms with Gasteiger partial charge in [-0.05, 0) is 30.2 Å². The van der Waals surface area contributed by atoms with Gasteiger partial charge < -0.3 is 14.1 Å². The van der Waals surface area contributed by atoms with E-state index in [1.54, 1.807) is 36.1 Å². The SMILES string of the molecule is CC(OC(=O)Cn1c(=O)oc2ccccc21)C(=O)N(Cc1ccccc1)Cc1ccccc1. The Morgan fingerprint density at radius 3 is 2.03 bits per heavy atom. The van der Waals surface area contributed by atoms with Crippen molar-refractivity contribution in [2.75, 3.05) is 0 Å². The summed E-state index contributed by atoms with van der Waals surface area (Å²) in [6, 6.07) is 26.1. The fraction of sp³-hybridized carbons (Fsp3) is 0.192. The van der Waals surface area contributed by atoms with Gasteiger partial charge in [-0.3, -0.25) is 14.2 Å². The molecular weight excluding hydrogens is 420 g/mol. The van der Waals surface area contributed by atoms with Crippen molar-refractivity contribution in [1.82, 2.24) is 9.47 Å². The van der Waals surface area contributed by atoms with E-state index in [2.05, 4.69) is 0 Å². The second-order valence-electron chi connectivity index (χ2n) is 7.72. The third kappa shape index (κ3) is 5.38. The third-order valence-corrected chi connectivity index (χ3v) is 5.26. The Morgan fingerprint density at radius 2 is 1.42 bits per heavy atom. The van der Waals surface area contributed by atoms with Gasteiger partial charge in [-0.15, -0.1) is 0 Å². The third-order valence-electron chi connectivity index (χ3n) is 5.26. The van der Waals surface area contributed by atoms with Crippen LogP contribution in [-0.2, 0) is 34.0 Å². The average Bonchev–Trinajstić information content (AvgIpc) is 3.14. The number of para-hydroxylation sites is 2. The van der Waals surface area contributed by atoms with Crippen LogP contribution in [0.15, 0.2) is 94.1 Å². The maximum atomic E-state index is 13.2. The number of hydrogen-bond acceptors (Lipinski definition) is 5. The average molecular weight is 444 g/mol. The molecule has 0 aliphatic rings. The lowest BCUT2D eigenvalue weighted by Gasteiger charge is -2.26. The van der Waals surface area contributed by atoms with Crippen molar-refractivity contribution >= 4 is 23.0 Å². The number of carbonyl (C=O) groups is 2. The summed E-state index contributed by atoms with van der Waals surface area (Å²) in [6.45, 7) is 1.95. The van der Waals surface area contributed by atoms with Crippen molar-refractivity contribution in [3.63, 3.8) is 0 Å². The Morgan fingerprint density at radius 1 is 0.879 bits per heavy atom. The molecule has 1 heterocycles. The molecule has 168 valence electrons. The molecule has 7 heteroatoms. The molecule has 0 spiro atoms. The Kier molecular flexibility index (Phi) is 6.69. The zero-order valence-electron chi connectivity index (χ0n) is 18.2. The molecule has 1 amide bonds. The van der Waals surface area contributed by atoms with Crippen LogP contribution in [0.2, 0.25) is 0 Å². The molecule has 0 bridgehead atoms. The minimum absolute atomic E-state index is 0.319. The van der Waals surface area contributed by atoms with E-state index in [1.807, 2.05) is 60.7 Å². The first-order valence-corrected chi connectivity index (χ1v) is 10.7. The van der Waals surface area contributed by atoms with Crippen molar-refractivity contribution in [1.29, 1.82) is 0 Å². The lowest BCUT2D eigenvalue weighted by molar-refractivity contribution is -0.160. The van der Waals surface area contributed by atoms with E-state index in [-0.39, 0.29) is 12.5 Å². The van der Waals surface area contributed by atoms with E-state index in [4.69, 9.17) is 9.15 Å². The molecule has 0 aliphatic carbocycles. The van der Waals surface area contributed by atoms with Crippen LogP contribution in [0, 0.1) is 0 Å². The number of esters is 1. The number of oxazole rings is 1. The lowest BCUT2D eigenvalue weighted by atomic mass is 10.1. The topological polar surface area (TPSA) is 81.7 Å². The highest BCUT2D eigenvalue weighted by Crippen LogP contribution is 2.14. The quantitative estimate of drug-likeness (QED) is 0.387. The zero-order chi connectivity index (χ0) is 23.2. The maximum absolute atomic E-state index is 13.2. The van der Waals surface area contributed by atoms with Gasteiger partial charge in [0.2, 0.25) is 0 Å². The standard InChI is InChI=1S/C26H24N2O5/c1-19(32-24(29)18-28-22-14-8-9-15-23(22)33-26(28)31)25(30)27(16-20-10-4-2-5-11-20)17-21-12-6-3-7-13-21/h2-15,19H,16-18H2,1H3. The van der Waals surface area contributed by atoms with E-state index < -0.39 is 17.8 Å². The fourth-order valence-corrected chi connectivity index (χ4v) is 3.65. The number of fused-ring (bicyclic) bond motifs is 1. The van der Waals surface area contributed by atoms with Crippen molar-refractivity contribution in [2.45, 2.75) is 32.7 Å². The number of rotatable bonds is 8. The number of hydrogen-bond donors (Lipinski definition) is 0. The smallest absolute Gasteiger partial charge is 0.420 e. The zero-order valence-corrected chi connectivity index (χ0v) is 18.2. The molecule has 1 atom stereocenters. The van der Waals surface area contributed by atoms with Crippen molar-refractivity contribution < 1.29 is 18.7 Å². The van der Waals surface area contributed by atoms with Crippen LogP contribution < -0.4 is 5.76 Å². The van der Waals surface area contributed by atoms with Gasteiger partial charge in [0, 0.05) is 13.1 Å². The highest BCUT2D eigenvalue weighted by Gasteiger charge is 2.25. The van der Waals surface area contributed by atoms with Gasteiger partial charge in [-0.1, -0.05) is 72.8 Å². The van der Waals surface area contributed by atoms with Crippen LogP contribution in [0.5, 0.6) is 0 Å². The minimum atomic E-state index is -1.02. The molecule has 0 radical (unpaired) electrons. The summed E-state index contributed by atoms with van der Waals surface area (Å²) in [5, 5.41) is 0. The normalized spacial score (nSPS) is 11.8. The summed E-state index contributed by atoms with van der Waals surface area (Å²) in [5.74, 6) is -1.66. The maximum Gasteiger partial charge on any atom is 0.420 e. The molecule has 1 unspecified atom stereocenters. The second kappa shape index (κ2) is 9.99. The predicted octanol–water partition coefficient (Wildman–Crippen LogP) is 3.76. The number of amides is 1. The molecule has 0 saturated heterocycles. The van der Waals surface area contributed by atoms with Gasteiger partial charge in [-0.25, -0.2) is 4.79 Å². The molecule has 0 saturated carbocycles. The van der Waals surface area contributed by atoms with E-state index in [9.17, 15) is 14.4 Å². The van der Waals surface area contributed by atoms with Crippen LogP contribution in [-0.4, -0.2) is 27.4 Å². The Labute approximate surface area is 190 Å². The van der Waals surface area contributed by atoms with Crippen LogP contribution in [0.3, 0.4) is 0 Å². The van der Waals surface area contributed by atoms with Gasteiger partial charge >= 0.3 is 11.7 Å². The van der Waals surface area contributed by atoms with Crippen LogP contribution in [0.1, 0.15) is 18.1 Å². The molecule has 0 aliphatic heterocycles. The van der Waals surface area contributed by atoms with Gasteiger partial charge in [0.25, 0.3) is 5.91 Å². The van der Waals surface area contributed by atoms with Gasteiger partial charge in [-0.2, -0.15) is 0 Å². The molecular formula is C26H24N2O5. The largest absolute Gasteiger partial charge is 0.451 e. The summed E-state index contributed by atoms with van der Waals surface area (Å²) in [6.07, 6.45) is -1.02. The number of ether oxygens (including phenoxy) is 1. The Bertz CT molecular complexity index is 1250. The van der Waals surface area contributed by atoms with E-state index in [0.29, 0.717) is 24.2 Å². The monoisotopic (exact) mass is 444 g/mol. The summed E-state index contributed by atoms with van der Waals surface area (Å²) in [5.41, 5.74) is 2.82. The van der Waals surface area contributed by atoms with Crippen molar-refractivity contribution in [3.8, 4) is 0 Å². The molecule has 3 aromatic carbocycles. The van der Waals surface area contributed by atoms with Gasteiger partial charge in [0.1, 0.15) is 6.54 Å². The molecule has 0 N–H and O–H groups in total. The Balaban J connectivity index is 1.47. The summed E-state index contributed by atoms with van der Waals surface area (Å²) in [7, 11) is 0. The fourth-order valence-electron chi connectivity index (χ4n) is 3.65. The molecule has 33 heavy (non-hydrogen) atoms. The van der Waals surface area contributed by atoms with Crippen LogP contribution in [0.4, 0.5) is 0 Å². The lowest BCUT2D eigenvalue weighted by Crippen LogP contribution is -2.40. The summed E-state index contributed by atoms with van der Waals surface area (Å²) in [4.78, 5) is 39.6. The van der Waals surface area contributed by atoms with E-state index in [0.717, 1.165) is 11.1 Å². The first-order valence-electron chi connectivity index (χ1n) is 10.7. The first kappa shape index (κ1) is 22.1. The summed E-state index contributed by atoms with van der Waals surface area (Å²) >= 11 is 0. The molecule has 4 rings (SSSR count). The summed E-state index contributed by atoms with van der Waals surface area (Å²) < 4.78 is 11.8. The Hall–Kier alpha value is -4.13. The number of benzene rings is 3. The molecule has 7 nitrogen and oxygen atoms in total. The van der Waals surface area contributed by atoms with Crippen LogP contribution in [0.25, 0.3) is 11.1 Å². The number of aromatic nitrogens is 1. The highest BCUT2D eigenvalue weighted by atomic mass is 16.5. The molecule has 1 aromatic heterocycles. The molecule has 0 fully saturated rings. The minimum Gasteiger partial charge on any atom is -0.451 e. The van der Waals surface area contributed by atoms with Crippen molar-refractivity contribution in [2.24, 2.45) is 0 Å². The second-order valence-corrected chi connectivity index (χ2v) is 7.72. The van der Waals surface area contributed by atoms with Gasteiger partial charge in [0.05, 0.1) is 5.52 Å². The predicted molar refractivity (Wildman–Crippen MR) is 123 cm³/mol. The van der Waals surface area contributed by atoms with Crippen LogP contribution >= 0.6 is 0 Å². The molecule has 4 aromatic rings. The van der Waals surface area contributed by atoms with Gasteiger partial charge in [0.15, 0.2) is 11.7 Å². The van der Waals surface area contributed by atoms with E-state index >= 15 is 0 Å².